The van der Waals surface area contributed by atoms with Gasteiger partial charge in [-0.1, -0.05) is 91.9 Å². The van der Waals surface area contributed by atoms with Gasteiger partial charge in [0.05, 0.1) is 13.1 Å². The Kier molecular flexibility index (Phi) is 5.70. The van der Waals surface area contributed by atoms with Crippen molar-refractivity contribution in [3.8, 4) is 11.3 Å². The molecule has 30 heavy (non-hydrogen) atoms. The molecule has 0 aliphatic carbocycles. The van der Waals surface area contributed by atoms with Gasteiger partial charge in [-0.25, -0.2) is 9.48 Å². The van der Waals surface area contributed by atoms with Crippen LogP contribution >= 0.6 is 0 Å². The van der Waals surface area contributed by atoms with E-state index in [4.69, 9.17) is 0 Å². The van der Waals surface area contributed by atoms with Crippen LogP contribution in [0, 0.1) is 0 Å². The van der Waals surface area contributed by atoms with Gasteiger partial charge in [-0.15, -0.1) is 0 Å². The summed E-state index contributed by atoms with van der Waals surface area (Å²) in [6, 6.07) is 26.9. The van der Waals surface area contributed by atoms with Crippen LogP contribution in [0.2, 0.25) is 0 Å². The molecule has 5 nitrogen and oxygen atoms in total. The van der Waals surface area contributed by atoms with Gasteiger partial charge < -0.3 is 0 Å². The van der Waals surface area contributed by atoms with Crippen LogP contribution in [0.4, 0.5) is 0 Å². The lowest BCUT2D eigenvalue weighted by molar-refractivity contribution is 0.546. The zero-order valence-corrected chi connectivity index (χ0v) is 16.9. The van der Waals surface area contributed by atoms with E-state index in [0.29, 0.717) is 12.1 Å². The molecule has 0 aliphatic heterocycles. The van der Waals surface area contributed by atoms with Gasteiger partial charge in [0, 0.05) is 5.56 Å². The van der Waals surface area contributed by atoms with Crippen LogP contribution in [0.1, 0.15) is 23.6 Å². The average Bonchev–Trinajstić information content (AvgIpc) is 2.80. The molecular formula is C25H23N3O2. The number of hydrogen-bond donors (Lipinski definition) is 0. The second-order valence-electron chi connectivity index (χ2n) is 7.20. The fraction of sp³-hybridized carbons (Fsp3) is 0.160. The first kappa shape index (κ1) is 19.6. The average molecular weight is 397 g/mol. The Hall–Kier alpha value is -3.73. The molecule has 0 fully saturated rings. The minimum atomic E-state index is -0.415. The smallest absolute Gasteiger partial charge is 0.267 e. The van der Waals surface area contributed by atoms with Crippen molar-refractivity contribution in [1.82, 2.24) is 14.3 Å². The molecule has 1 heterocycles. The highest BCUT2D eigenvalue weighted by atomic mass is 16.2. The maximum Gasteiger partial charge on any atom is 0.348 e. The van der Waals surface area contributed by atoms with Gasteiger partial charge in [-0.2, -0.15) is 5.10 Å². The molecule has 3 aromatic carbocycles. The van der Waals surface area contributed by atoms with Crippen LogP contribution < -0.4 is 11.2 Å². The van der Waals surface area contributed by atoms with Crippen molar-refractivity contribution in [1.29, 1.82) is 0 Å². The van der Waals surface area contributed by atoms with Gasteiger partial charge >= 0.3 is 5.69 Å². The number of aryl methyl sites for hydroxylation is 1. The van der Waals surface area contributed by atoms with Crippen LogP contribution in [0.25, 0.3) is 11.3 Å². The minimum absolute atomic E-state index is 0.204. The highest BCUT2D eigenvalue weighted by Crippen LogP contribution is 2.14. The van der Waals surface area contributed by atoms with E-state index in [-0.39, 0.29) is 17.8 Å². The van der Waals surface area contributed by atoms with Gasteiger partial charge in [0.2, 0.25) is 0 Å². The first-order valence-corrected chi connectivity index (χ1v) is 10.0. The molecule has 1 aromatic heterocycles. The molecule has 0 bridgehead atoms. The lowest BCUT2D eigenvalue weighted by Crippen LogP contribution is -2.42. The highest BCUT2D eigenvalue weighted by Gasteiger charge is 2.15. The summed E-state index contributed by atoms with van der Waals surface area (Å²) in [5.74, 6) is 0. The predicted molar refractivity (Wildman–Crippen MR) is 119 cm³/mol. The summed E-state index contributed by atoms with van der Waals surface area (Å²) in [5, 5.41) is 4.47. The third-order valence-corrected chi connectivity index (χ3v) is 5.11. The SMILES string of the molecule is CCc1ccc(-c2nn(Cc3ccccc3)c(=O)n(Cc3ccccc3)c2=O)cc1. The molecule has 4 aromatic rings. The molecule has 4 rings (SSSR count). The Labute approximate surface area is 174 Å². The van der Waals surface area contributed by atoms with Crippen molar-refractivity contribution in [2.45, 2.75) is 26.4 Å². The molecule has 0 unspecified atom stereocenters. The zero-order chi connectivity index (χ0) is 20.9. The summed E-state index contributed by atoms with van der Waals surface area (Å²) < 4.78 is 2.65. The van der Waals surface area contributed by atoms with E-state index in [1.807, 2.05) is 84.9 Å². The topological polar surface area (TPSA) is 56.9 Å². The summed E-state index contributed by atoms with van der Waals surface area (Å²) in [4.78, 5) is 26.4. The number of rotatable bonds is 6. The standard InChI is InChI=1S/C25H23N3O2/c1-2-19-13-15-22(16-14-19)23-24(29)27(17-20-9-5-3-6-10-20)25(30)28(26-23)18-21-11-7-4-8-12-21/h3-16H,2,17-18H2,1H3. The van der Waals surface area contributed by atoms with E-state index < -0.39 is 5.69 Å². The van der Waals surface area contributed by atoms with Gasteiger partial charge in [0.15, 0.2) is 5.69 Å². The number of aromatic nitrogens is 3. The second-order valence-corrected chi connectivity index (χ2v) is 7.20. The molecular weight excluding hydrogens is 374 g/mol. The summed E-state index contributed by atoms with van der Waals surface area (Å²) in [6.07, 6.45) is 0.916. The number of benzene rings is 3. The van der Waals surface area contributed by atoms with E-state index in [0.717, 1.165) is 17.5 Å². The lowest BCUT2D eigenvalue weighted by atomic mass is 10.1. The number of nitrogens with zero attached hydrogens (tertiary/aromatic N) is 3. The van der Waals surface area contributed by atoms with Gasteiger partial charge in [0.1, 0.15) is 0 Å². The van der Waals surface area contributed by atoms with Crippen LogP contribution in [-0.2, 0) is 19.5 Å². The fourth-order valence-corrected chi connectivity index (χ4v) is 3.40. The Bertz CT molecular complexity index is 1240. The molecule has 0 spiro atoms. The minimum Gasteiger partial charge on any atom is -0.267 e. The zero-order valence-electron chi connectivity index (χ0n) is 16.9. The third kappa shape index (κ3) is 4.15. The molecule has 0 N–H and O–H groups in total. The Morgan fingerprint density at radius 2 is 1.27 bits per heavy atom. The van der Waals surface area contributed by atoms with Gasteiger partial charge in [-0.3, -0.25) is 9.36 Å². The Morgan fingerprint density at radius 3 is 1.83 bits per heavy atom. The normalized spacial score (nSPS) is 10.8. The fourth-order valence-electron chi connectivity index (χ4n) is 3.40. The molecule has 0 saturated carbocycles. The van der Waals surface area contributed by atoms with Crippen LogP contribution in [0.15, 0.2) is 94.5 Å². The third-order valence-electron chi connectivity index (χ3n) is 5.11. The molecule has 0 saturated heterocycles. The molecule has 0 radical (unpaired) electrons. The van der Waals surface area contributed by atoms with Crippen LogP contribution in [-0.4, -0.2) is 14.3 Å². The lowest BCUT2D eigenvalue weighted by Gasteiger charge is -2.13. The largest absolute Gasteiger partial charge is 0.348 e. The van der Waals surface area contributed by atoms with E-state index in [9.17, 15) is 9.59 Å². The second kappa shape index (κ2) is 8.74. The van der Waals surface area contributed by atoms with Gasteiger partial charge in [0.25, 0.3) is 5.56 Å². The summed E-state index contributed by atoms with van der Waals surface area (Å²) in [7, 11) is 0. The highest BCUT2D eigenvalue weighted by molar-refractivity contribution is 5.58. The molecule has 5 heteroatoms. The van der Waals surface area contributed by atoms with Crippen molar-refractivity contribution >= 4 is 0 Å². The summed E-state index contributed by atoms with van der Waals surface area (Å²) in [6.45, 7) is 2.59. The van der Waals surface area contributed by atoms with Crippen molar-refractivity contribution < 1.29 is 0 Å². The molecule has 0 atom stereocenters. The van der Waals surface area contributed by atoms with Crippen LogP contribution in [0.5, 0.6) is 0 Å². The van der Waals surface area contributed by atoms with Crippen molar-refractivity contribution in [3.63, 3.8) is 0 Å². The molecule has 150 valence electrons. The maximum absolute atomic E-state index is 13.2. The summed E-state index contributed by atoms with van der Waals surface area (Å²) in [5.41, 5.74) is 3.22. The number of hydrogen-bond acceptors (Lipinski definition) is 3. The predicted octanol–water partition coefficient (Wildman–Crippen LogP) is 3.73. The molecule has 0 amide bonds. The van der Waals surface area contributed by atoms with Gasteiger partial charge in [-0.05, 0) is 23.1 Å². The van der Waals surface area contributed by atoms with E-state index in [2.05, 4.69) is 12.0 Å². The van der Waals surface area contributed by atoms with Crippen molar-refractivity contribution in [2.75, 3.05) is 0 Å². The first-order chi connectivity index (χ1) is 14.7. The van der Waals surface area contributed by atoms with E-state index in [1.54, 1.807) is 0 Å². The Balaban J connectivity index is 1.86. The van der Waals surface area contributed by atoms with Crippen molar-refractivity contribution in [2.24, 2.45) is 0 Å². The Morgan fingerprint density at radius 1 is 0.700 bits per heavy atom. The maximum atomic E-state index is 13.2. The van der Waals surface area contributed by atoms with Crippen LogP contribution in [0.3, 0.4) is 0 Å². The van der Waals surface area contributed by atoms with E-state index in [1.165, 1.54) is 14.8 Å². The van der Waals surface area contributed by atoms with Crippen molar-refractivity contribution in [3.05, 3.63) is 122 Å². The quantitative estimate of drug-likeness (QED) is 0.498. The molecule has 0 aliphatic rings. The monoisotopic (exact) mass is 397 g/mol. The first-order valence-electron chi connectivity index (χ1n) is 10.0. The van der Waals surface area contributed by atoms with E-state index >= 15 is 0 Å². The summed E-state index contributed by atoms with van der Waals surface area (Å²) >= 11 is 0.